The molecule has 0 atom stereocenters. The average Bonchev–Trinajstić information content (AvgIpc) is 2.41. The number of amidine groups is 1. The lowest BCUT2D eigenvalue weighted by Crippen LogP contribution is -2.34. The first-order valence-electron chi connectivity index (χ1n) is 6.82. The summed E-state index contributed by atoms with van der Waals surface area (Å²) in [6, 6.07) is 8.42. The second-order valence-electron chi connectivity index (χ2n) is 5.22. The van der Waals surface area contributed by atoms with E-state index in [0.29, 0.717) is 13.0 Å². The third-order valence-electron chi connectivity index (χ3n) is 3.37. The molecule has 0 aliphatic rings. The van der Waals surface area contributed by atoms with Gasteiger partial charge in [-0.05, 0) is 20.8 Å². The molecule has 0 aliphatic heterocycles. The van der Waals surface area contributed by atoms with Crippen LogP contribution in [0.1, 0.15) is 26.0 Å². The Balaban J connectivity index is 2.48. The van der Waals surface area contributed by atoms with E-state index in [2.05, 4.69) is 41.1 Å². The van der Waals surface area contributed by atoms with Crippen molar-refractivity contribution in [1.29, 1.82) is 5.41 Å². The molecule has 0 saturated heterocycles. The Labute approximate surface area is 119 Å². The van der Waals surface area contributed by atoms with Crippen LogP contribution in [0.4, 0.5) is 5.82 Å². The fourth-order valence-corrected chi connectivity index (χ4v) is 2.29. The number of anilines is 1. The quantitative estimate of drug-likeness (QED) is 0.647. The lowest BCUT2D eigenvalue weighted by atomic mass is 10.1. The molecular weight excluding hydrogens is 250 g/mol. The molecule has 0 fully saturated rings. The van der Waals surface area contributed by atoms with Gasteiger partial charge in [0.1, 0.15) is 0 Å². The second-order valence-corrected chi connectivity index (χ2v) is 5.22. The van der Waals surface area contributed by atoms with Crippen molar-refractivity contribution in [1.82, 2.24) is 10.2 Å². The maximum absolute atomic E-state index is 7.40. The molecule has 0 spiro atoms. The Morgan fingerprint density at radius 1 is 1.25 bits per heavy atom. The van der Waals surface area contributed by atoms with Crippen molar-refractivity contribution in [2.24, 2.45) is 5.73 Å². The molecule has 3 N–H and O–H groups in total. The Bertz CT molecular complexity index is 621. The number of fused-ring (bicyclic) bond motifs is 1. The van der Waals surface area contributed by atoms with Crippen LogP contribution in [0.3, 0.4) is 0 Å². The second kappa shape index (κ2) is 5.86. The molecule has 0 unspecified atom stereocenters. The van der Waals surface area contributed by atoms with E-state index in [1.165, 1.54) is 0 Å². The van der Waals surface area contributed by atoms with Gasteiger partial charge in [0.15, 0.2) is 5.82 Å². The molecule has 1 aromatic carbocycles. The highest BCUT2D eigenvalue weighted by Crippen LogP contribution is 2.26. The Morgan fingerprint density at radius 3 is 2.50 bits per heavy atom. The van der Waals surface area contributed by atoms with Gasteiger partial charge in [0.05, 0.1) is 11.5 Å². The lowest BCUT2D eigenvalue weighted by Gasteiger charge is -2.28. The zero-order chi connectivity index (χ0) is 14.7. The normalized spacial score (nSPS) is 11.0. The molecule has 2 rings (SSSR count). The third kappa shape index (κ3) is 2.87. The van der Waals surface area contributed by atoms with E-state index in [1.54, 1.807) is 0 Å². The van der Waals surface area contributed by atoms with Crippen LogP contribution in [0, 0.1) is 12.3 Å². The molecular formula is C15H21N5. The minimum absolute atomic E-state index is 0.194. The first kappa shape index (κ1) is 14.2. The van der Waals surface area contributed by atoms with E-state index >= 15 is 0 Å². The standard InChI is InChI=1S/C15H21N5/c1-10(2)20(9-8-14(16)17)15-13-7-5-4-6-12(13)11(3)18-19-15/h4-7,10H,8-9H2,1-3H3,(H3,16,17). The van der Waals surface area contributed by atoms with Crippen molar-refractivity contribution in [3.05, 3.63) is 30.0 Å². The summed E-state index contributed by atoms with van der Waals surface area (Å²) in [6.45, 7) is 6.86. The summed E-state index contributed by atoms with van der Waals surface area (Å²) < 4.78 is 0. The van der Waals surface area contributed by atoms with Crippen LogP contribution in [0.15, 0.2) is 24.3 Å². The SMILES string of the molecule is Cc1nnc(N(CCC(=N)N)C(C)C)c2ccccc12. The number of benzene rings is 1. The predicted molar refractivity (Wildman–Crippen MR) is 83.3 cm³/mol. The first-order chi connectivity index (χ1) is 9.50. The lowest BCUT2D eigenvalue weighted by molar-refractivity contribution is 0.675. The van der Waals surface area contributed by atoms with Gasteiger partial charge in [-0.15, -0.1) is 5.10 Å². The maximum atomic E-state index is 7.40. The van der Waals surface area contributed by atoms with Gasteiger partial charge in [0.25, 0.3) is 0 Å². The molecule has 5 nitrogen and oxygen atoms in total. The van der Waals surface area contributed by atoms with Crippen LogP contribution in [-0.2, 0) is 0 Å². The van der Waals surface area contributed by atoms with E-state index in [0.717, 1.165) is 22.3 Å². The van der Waals surface area contributed by atoms with E-state index in [-0.39, 0.29) is 11.9 Å². The van der Waals surface area contributed by atoms with Gasteiger partial charge in [-0.25, -0.2) is 0 Å². The van der Waals surface area contributed by atoms with E-state index in [4.69, 9.17) is 11.1 Å². The molecule has 0 saturated carbocycles. The first-order valence-corrected chi connectivity index (χ1v) is 6.82. The number of nitrogens with two attached hydrogens (primary N) is 1. The highest BCUT2D eigenvalue weighted by Gasteiger charge is 2.16. The third-order valence-corrected chi connectivity index (χ3v) is 3.37. The summed E-state index contributed by atoms with van der Waals surface area (Å²) in [4.78, 5) is 2.15. The number of nitrogens with zero attached hydrogens (tertiary/aromatic N) is 3. The van der Waals surface area contributed by atoms with Gasteiger partial charge < -0.3 is 10.6 Å². The molecule has 0 amide bonds. The summed E-state index contributed by atoms with van der Waals surface area (Å²) in [5.74, 6) is 1.06. The molecule has 5 heteroatoms. The van der Waals surface area contributed by atoms with Gasteiger partial charge in [-0.3, -0.25) is 5.41 Å². The number of aryl methyl sites for hydroxylation is 1. The van der Waals surface area contributed by atoms with Crippen molar-refractivity contribution in [2.45, 2.75) is 33.2 Å². The maximum Gasteiger partial charge on any atom is 0.159 e. The van der Waals surface area contributed by atoms with Gasteiger partial charge >= 0.3 is 0 Å². The monoisotopic (exact) mass is 271 g/mol. The summed E-state index contributed by atoms with van der Waals surface area (Å²) in [7, 11) is 0. The average molecular weight is 271 g/mol. The van der Waals surface area contributed by atoms with Crippen molar-refractivity contribution < 1.29 is 0 Å². The minimum atomic E-state index is 0.194. The molecule has 0 radical (unpaired) electrons. The van der Waals surface area contributed by atoms with Crippen LogP contribution in [0.25, 0.3) is 10.8 Å². The molecule has 1 heterocycles. The minimum Gasteiger partial charge on any atom is -0.388 e. The smallest absolute Gasteiger partial charge is 0.159 e. The Morgan fingerprint density at radius 2 is 1.90 bits per heavy atom. The van der Waals surface area contributed by atoms with Crippen LogP contribution in [0.5, 0.6) is 0 Å². The number of aromatic nitrogens is 2. The molecule has 20 heavy (non-hydrogen) atoms. The van der Waals surface area contributed by atoms with Gasteiger partial charge in [0, 0.05) is 29.8 Å². The van der Waals surface area contributed by atoms with Crippen molar-refractivity contribution in [3.63, 3.8) is 0 Å². The summed E-state index contributed by atoms with van der Waals surface area (Å²) >= 11 is 0. The number of nitrogens with one attached hydrogen (secondary N) is 1. The Kier molecular flexibility index (Phi) is 4.17. The van der Waals surface area contributed by atoms with Crippen LogP contribution in [-0.4, -0.2) is 28.6 Å². The summed E-state index contributed by atoms with van der Waals surface area (Å²) in [6.07, 6.45) is 0.530. The van der Waals surface area contributed by atoms with Crippen molar-refractivity contribution >= 4 is 22.4 Å². The molecule has 1 aromatic heterocycles. The molecule has 106 valence electrons. The predicted octanol–water partition coefficient (Wildman–Crippen LogP) is 2.48. The number of hydrogen-bond donors (Lipinski definition) is 2. The number of rotatable bonds is 5. The molecule has 0 bridgehead atoms. The van der Waals surface area contributed by atoms with Crippen molar-refractivity contribution in [3.8, 4) is 0 Å². The largest absolute Gasteiger partial charge is 0.388 e. The van der Waals surface area contributed by atoms with Crippen LogP contribution in [0.2, 0.25) is 0 Å². The van der Waals surface area contributed by atoms with E-state index in [9.17, 15) is 0 Å². The van der Waals surface area contributed by atoms with Gasteiger partial charge in [-0.2, -0.15) is 5.10 Å². The van der Waals surface area contributed by atoms with Gasteiger partial charge in [-0.1, -0.05) is 24.3 Å². The zero-order valence-electron chi connectivity index (χ0n) is 12.2. The van der Waals surface area contributed by atoms with E-state index < -0.39 is 0 Å². The molecule has 2 aromatic rings. The topological polar surface area (TPSA) is 78.9 Å². The van der Waals surface area contributed by atoms with Crippen molar-refractivity contribution in [2.75, 3.05) is 11.4 Å². The molecule has 0 aliphatic carbocycles. The highest BCUT2D eigenvalue weighted by atomic mass is 15.3. The number of hydrogen-bond acceptors (Lipinski definition) is 4. The van der Waals surface area contributed by atoms with Crippen LogP contribution >= 0.6 is 0 Å². The fourth-order valence-electron chi connectivity index (χ4n) is 2.29. The summed E-state index contributed by atoms with van der Waals surface area (Å²) in [5.41, 5.74) is 6.41. The Hall–Kier alpha value is -2.17. The van der Waals surface area contributed by atoms with E-state index in [1.807, 2.05) is 19.1 Å². The zero-order valence-corrected chi connectivity index (χ0v) is 12.2. The van der Waals surface area contributed by atoms with Gasteiger partial charge in [0.2, 0.25) is 0 Å². The summed E-state index contributed by atoms with van der Waals surface area (Å²) in [5, 5.41) is 18.2. The highest BCUT2D eigenvalue weighted by molar-refractivity contribution is 5.93. The van der Waals surface area contributed by atoms with Crippen LogP contribution < -0.4 is 10.6 Å². The fraction of sp³-hybridized carbons (Fsp3) is 0.400.